The molecule has 3 amide bonds. The van der Waals surface area contributed by atoms with Gasteiger partial charge in [-0.3, -0.25) is 10.1 Å². The van der Waals surface area contributed by atoms with E-state index in [0.717, 1.165) is 30.8 Å². The van der Waals surface area contributed by atoms with Crippen LogP contribution in [0.1, 0.15) is 51.5 Å². The van der Waals surface area contributed by atoms with Crippen LogP contribution in [-0.2, 0) is 20.4 Å². The molecule has 4 rings (SSSR count). The number of sulfonamides is 1. The molecular weight excluding hydrogens is 430 g/mol. The number of hydrogen-bond donors (Lipinski definition) is 2. The Hall–Kier alpha value is -2.39. The quantitative estimate of drug-likeness (QED) is 0.389. The standard InChI is InChI=1S/C23H31N3O5S/c1-22(2)20(27)24-21(28)26(22)13-4-3-5-14-32(29,30)25-23(11-12-23)18-7-6-8-19(15-18)31-16-17-9-10-17/h3-4,6-8,15,17,25H,5,9-14,16H2,1-2H3,(H,24,27,28)/b4-3+. The maximum atomic E-state index is 12.7. The van der Waals surface area contributed by atoms with E-state index in [1.165, 1.54) is 17.7 Å². The second-order valence-corrected chi connectivity index (χ2v) is 11.3. The summed E-state index contributed by atoms with van der Waals surface area (Å²) < 4.78 is 34.1. The minimum Gasteiger partial charge on any atom is -0.493 e. The molecule has 0 bridgehead atoms. The zero-order chi connectivity index (χ0) is 23.0. The SMILES string of the molecule is CC1(C)C(=O)NC(=O)N1C/C=C/CCS(=O)(=O)NC1(c2cccc(OCC3CC3)c2)CC1. The first-order valence-electron chi connectivity index (χ1n) is 11.1. The molecule has 32 heavy (non-hydrogen) atoms. The third kappa shape index (κ3) is 5.15. The van der Waals surface area contributed by atoms with Crippen molar-refractivity contribution in [2.45, 2.75) is 57.0 Å². The van der Waals surface area contributed by atoms with Crippen LogP contribution in [-0.4, -0.2) is 49.7 Å². The lowest BCUT2D eigenvalue weighted by atomic mass is 10.0. The van der Waals surface area contributed by atoms with Crippen LogP contribution in [0.5, 0.6) is 5.75 Å². The molecule has 0 atom stereocenters. The van der Waals surface area contributed by atoms with Crippen LogP contribution in [0.2, 0.25) is 0 Å². The summed E-state index contributed by atoms with van der Waals surface area (Å²) >= 11 is 0. The molecule has 9 heteroatoms. The Labute approximate surface area is 189 Å². The van der Waals surface area contributed by atoms with Gasteiger partial charge in [0, 0.05) is 6.54 Å². The van der Waals surface area contributed by atoms with Crippen molar-refractivity contribution < 1.29 is 22.7 Å². The number of amides is 3. The Morgan fingerprint density at radius 3 is 2.59 bits per heavy atom. The van der Waals surface area contributed by atoms with E-state index in [9.17, 15) is 18.0 Å². The molecule has 2 aliphatic carbocycles. The van der Waals surface area contributed by atoms with E-state index < -0.39 is 27.1 Å². The van der Waals surface area contributed by atoms with Gasteiger partial charge >= 0.3 is 6.03 Å². The summed E-state index contributed by atoms with van der Waals surface area (Å²) in [5, 5.41) is 2.29. The van der Waals surface area contributed by atoms with Crippen LogP contribution < -0.4 is 14.8 Å². The number of carbonyl (C=O) groups excluding carboxylic acids is 2. The second-order valence-electron chi connectivity index (χ2n) is 9.47. The van der Waals surface area contributed by atoms with Gasteiger partial charge in [-0.25, -0.2) is 17.9 Å². The minimum absolute atomic E-state index is 0.0440. The molecule has 3 aliphatic rings. The average molecular weight is 462 g/mol. The van der Waals surface area contributed by atoms with Gasteiger partial charge in [0.15, 0.2) is 0 Å². The van der Waals surface area contributed by atoms with E-state index in [0.29, 0.717) is 12.3 Å². The van der Waals surface area contributed by atoms with Crippen molar-refractivity contribution in [3.05, 3.63) is 42.0 Å². The van der Waals surface area contributed by atoms with Crippen molar-refractivity contribution in [1.29, 1.82) is 0 Å². The lowest BCUT2D eigenvalue weighted by Crippen LogP contribution is -2.44. The monoisotopic (exact) mass is 461 g/mol. The number of allylic oxidation sites excluding steroid dienone is 1. The third-order valence-electron chi connectivity index (χ3n) is 6.37. The van der Waals surface area contributed by atoms with Gasteiger partial charge in [-0.1, -0.05) is 24.3 Å². The first-order chi connectivity index (χ1) is 15.1. The molecule has 1 aromatic carbocycles. The van der Waals surface area contributed by atoms with Gasteiger partial charge in [0.05, 0.1) is 17.9 Å². The zero-order valence-electron chi connectivity index (χ0n) is 18.6. The summed E-state index contributed by atoms with van der Waals surface area (Å²) in [5.41, 5.74) is -0.513. The molecule has 1 heterocycles. The summed E-state index contributed by atoms with van der Waals surface area (Å²) in [4.78, 5) is 25.1. The van der Waals surface area contributed by atoms with Crippen molar-refractivity contribution in [2.24, 2.45) is 5.92 Å². The van der Waals surface area contributed by atoms with Crippen molar-refractivity contribution in [2.75, 3.05) is 18.9 Å². The van der Waals surface area contributed by atoms with E-state index in [4.69, 9.17) is 4.74 Å². The Morgan fingerprint density at radius 1 is 1.22 bits per heavy atom. The van der Waals surface area contributed by atoms with Gasteiger partial charge in [0.2, 0.25) is 10.0 Å². The van der Waals surface area contributed by atoms with Crippen molar-refractivity contribution in [3.8, 4) is 5.75 Å². The fourth-order valence-electron chi connectivity index (χ4n) is 3.83. The predicted octanol–water partition coefficient (Wildman–Crippen LogP) is 2.66. The fourth-order valence-corrected chi connectivity index (χ4v) is 5.30. The van der Waals surface area contributed by atoms with Gasteiger partial charge in [0.1, 0.15) is 11.3 Å². The minimum atomic E-state index is -3.48. The molecule has 1 saturated heterocycles. The molecule has 1 aliphatic heterocycles. The molecule has 0 unspecified atom stereocenters. The fraction of sp³-hybridized carbons (Fsp3) is 0.565. The highest BCUT2D eigenvalue weighted by molar-refractivity contribution is 7.89. The van der Waals surface area contributed by atoms with E-state index in [2.05, 4.69) is 10.0 Å². The van der Waals surface area contributed by atoms with Crippen LogP contribution in [0.4, 0.5) is 4.79 Å². The number of hydrogen-bond acceptors (Lipinski definition) is 5. The summed E-state index contributed by atoms with van der Waals surface area (Å²) in [7, 11) is -3.48. The number of ether oxygens (including phenoxy) is 1. The summed E-state index contributed by atoms with van der Waals surface area (Å²) in [6.07, 6.45) is 7.75. The van der Waals surface area contributed by atoms with Crippen LogP contribution in [0.25, 0.3) is 0 Å². The van der Waals surface area contributed by atoms with Gasteiger partial charge in [-0.15, -0.1) is 0 Å². The van der Waals surface area contributed by atoms with Crippen LogP contribution in [0.15, 0.2) is 36.4 Å². The number of nitrogens with zero attached hydrogens (tertiary/aromatic N) is 1. The Balaban J connectivity index is 1.29. The highest BCUT2D eigenvalue weighted by Gasteiger charge is 2.47. The molecular formula is C23H31N3O5S. The second kappa shape index (κ2) is 8.51. The zero-order valence-corrected chi connectivity index (χ0v) is 19.4. The Bertz CT molecular complexity index is 1030. The predicted molar refractivity (Wildman–Crippen MR) is 121 cm³/mol. The Kier molecular flexibility index (Phi) is 6.06. The van der Waals surface area contributed by atoms with Gasteiger partial charge in [0.25, 0.3) is 5.91 Å². The molecule has 0 radical (unpaired) electrons. The average Bonchev–Trinajstić information content (AvgIpc) is 3.64. The van der Waals surface area contributed by atoms with Gasteiger partial charge in [-0.05, 0) is 69.6 Å². The van der Waals surface area contributed by atoms with Crippen LogP contribution in [0.3, 0.4) is 0 Å². The number of nitrogens with one attached hydrogen (secondary N) is 2. The van der Waals surface area contributed by atoms with Crippen LogP contribution >= 0.6 is 0 Å². The number of carbonyl (C=O) groups is 2. The van der Waals surface area contributed by atoms with Crippen molar-refractivity contribution in [3.63, 3.8) is 0 Å². The normalized spacial score (nSPS) is 21.8. The molecule has 1 aromatic rings. The number of benzene rings is 1. The largest absolute Gasteiger partial charge is 0.493 e. The first kappa shape index (κ1) is 22.8. The topological polar surface area (TPSA) is 105 Å². The molecule has 8 nitrogen and oxygen atoms in total. The summed E-state index contributed by atoms with van der Waals surface area (Å²) in [5.74, 6) is 1.07. The molecule has 174 valence electrons. The maximum Gasteiger partial charge on any atom is 0.325 e. The van der Waals surface area contributed by atoms with Crippen molar-refractivity contribution >= 4 is 22.0 Å². The lowest BCUT2D eigenvalue weighted by Gasteiger charge is -2.26. The number of rotatable bonds is 11. The maximum absolute atomic E-state index is 12.7. The lowest BCUT2D eigenvalue weighted by molar-refractivity contribution is -0.124. The Morgan fingerprint density at radius 2 is 1.97 bits per heavy atom. The van der Waals surface area contributed by atoms with Crippen molar-refractivity contribution in [1.82, 2.24) is 14.9 Å². The highest BCUT2D eigenvalue weighted by Crippen LogP contribution is 2.47. The molecule has 2 saturated carbocycles. The number of urea groups is 1. The number of imide groups is 1. The molecule has 0 aromatic heterocycles. The van der Waals surface area contributed by atoms with E-state index in [1.807, 2.05) is 24.3 Å². The van der Waals surface area contributed by atoms with E-state index in [-0.39, 0.29) is 18.2 Å². The molecule has 3 fully saturated rings. The van der Waals surface area contributed by atoms with Gasteiger partial charge in [-0.2, -0.15) is 0 Å². The first-order valence-corrected chi connectivity index (χ1v) is 12.8. The molecule has 2 N–H and O–H groups in total. The van der Waals surface area contributed by atoms with E-state index >= 15 is 0 Å². The highest BCUT2D eigenvalue weighted by atomic mass is 32.2. The molecule has 0 spiro atoms. The van der Waals surface area contributed by atoms with Gasteiger partial charge < -0.3 is 9.64 Å². The third-order valence-corrected chi connectivity index (χ3v) is 7.85. The van der Waals surface area contributed by atoms with Crippen LogP contribution in [0, 0.1) is 5.92 Å². The summed E-state index contributed by atoms with van der Waals surface area (Å²) in [6, 6.07) is 7.29. The smallest absolute Gasteiger partial charge is 0.325 e. The van der Waals surface area contributed by atoms with E-state index in [1.54, 1.807) is 26.0 Å². The summed E-state index contributed by atoms with van der Waals surface area (Å²) in [6.45, 7) is 4.32.